The first-order valence-electron chi connectivity index (χ1n) is 4.91. The van der Waals surface area contributed by atoms with E-state index in [0.29, 0.717) is 17.0 Å². The second kappa shape index (κ2) is 5.48. The Kier molecular flexibility index (Phi) is 4.45. The Labute approximate surface area is 126 Å². The summed E-state index contributed by atoms with van der Waals surface area (Å²) in [5.74, 6) is -1.56. The van der Waals surface area contributed by atoms with Crippen molar-refractivity contribution in [1.82, 2.24) is 0 Å². The third kappa shape index (κ3) is 2.53. The normalized spacial score (nSPS) is 14.3. The van der Waals surface area contributed by atoms with E-state index in [9.17, 15) is 14.7 Å². The largest absolute Gasteiger partial charge is 1.00 e. The summed E-state index contributed by atoms with van der Waals surface area (Å²) in [5.41, 5.74) is 1.45. The molecular weight excluding hydrogens is 243 g/mol. The fourth-order valence-corrected chi connectivity index (χ4v) is 1.45. The van der Waals surface area contributed by atoms with Gasteiger partial charge in [0.2, 0.25) is 0 Å². The molecule has 0 saturated heterocycles. The van der Waals surface area contributed by atoms with Gasteiger partial charge in [-0.15, -0.1) is 0 Å². The molecule has 0 fully saturated rings. The van der Waals surface area contributed by atoms with Crippen LogP contribution in [0.3, 0.4) is 0 Å². The van der Waals surface area contributed by atoms with Crippen LogP contribution in [0.25, 0.3) is 0 Å². The summed E-state index contributed by atoms with van der Waals surface area (Å²) < 4.78 is 0. The second-order valence-electron chi connectivity index (χ2n) is 3.62. The van der Waals surface area contributed by atoms with Crippen LogP contribution in [-0.2, 0) is 4.79 Å². The van der Waals surface area contributed by atoms with Gasteiger partial charge in [0, 0.05) is 0 Å². The molecule has 0 atom stereocenters. The molecule has 5 nitrogen and oxygen atoms in total. The maximum absolute atomic E-state index is 11.7. The quantitative estimate of drug-likeness (QED) is 0.426. The summed E-state index contributed by atoms with van der Waals surface area (Å²) in [7, 11) is 0. The maximum atomic E-state index is 11.7. The Hall–Kier alpha value is -1.43. The van der Waals surface area contributed by atoms with Crippen LogP contribution in [0.15, 0.2) is 41.5 Å². The standard InChI is InChI=1S/C12H10N2O3.Na/c1-7-8(2)13-14(11(7)15)10-5-3-9(4-6-10)12(16)17;/h3-6H,1H2,2H3,(H,16,17);/q;+1/p-1. The van der Waals surface area contributed by atoms with Crippen LogP contribution in [0.5, 0.6) is 0 Å². The number of carbonyl (C=O) groups is 2. The van der Waals surface area contributed by atoms with Crippen molar-refractivity contribution in [2.45, 2.75) is 6.92 Å². The zero-order valence-corrected chi connectivity index (χ0v) is 12.1. The molecule has 0 aliphatic carbocycles. The number of hydrazone groups is 1. The van der Waals surface area contributed by atoms with E-state index in [1.807, 2.05) is 0 Å². The predicted molar refractivity (Wildman–Crippen MR) is 60.5 cm³/mol. The molecule has 1 aromatic rings. The Morgan fingerprint density at radius 2 is 1.89 bits per heavy atom. The van der Waals surface area contributed by atoms with Crippen LogP contribution in [0.1, 0.15) is 17.3 Å². The van der Waals surface area contributed by atoms with Gasteiger partial charge in [-0.05, 0) is 24.6 Å². The molecule has 86 valence electrons. The van der Waals surface area contributed by atoms with Crippen molar-refractivity contribution in [3.8, 4) is 0 Å². The molecule has 2 rings (SSSR count). The number of benzene rings is 1. The number of hydrogen-bond donors (Lipinski definition) is 0. The predicted octanol–water partition coefficient (Wildman–Crippen LogP) is -2.67. The Morgan fingerprint density at radius 3 is 2.28 bits per heavy atom. The average Bonchev–Trinajstić information content (AvgIpc) is 2.57. The van der Waals surface area contributed by atoms with Gasteiger partial charge >= 0.3 is 29.6 Å². The van der Waals surface area contributed by atoms with E-state index in [1.165, 1.54) is 29.3 Å². The third-order valence-corrected chi connectivity index (χ3v) is 2.48. The van der Waals surface area contributed by atoms with E-state index in [-0.39, 0.29) is 41.0 Å². The van der Waals surface area contributed by atoms with Gasteiger partial charge in [0.25, 0.3) is 5.91 Å². The summed E-state index contributed by atoms with van der Waals surface area (Å²) in [6.45, 7) is 5.30. The van der Waals surface area contributed by atoms with Gasteiger partial charge in [-0.25, -0.2) is 0 Å². The van der Waals surface area contributed by atoms with Crippen molar-refractivity contribution in [1.29, 1.82) is 0 Å². The molecular formula is C12H9N2NaO3. The molecule has 0 bridgehead atoms. The average molecular weight is 252 g/mol. The SMILES string of the molecule is C=C1C(=O)N(c2ccc(C(=O)[O-])cc2)N=C1C.[Na+]. The van der Waals surface area contributed by atoms with E-state index in [0.717, 1.165) is 0 Å². The fourth-order valence-electron chi connectivity index (χ4n) is 1.45. The zero-order valence-electron chi connectivity index (χ0n) is 10.1. The molecule has 1 aromatic carbocycles. The first-order chi connectivity index (χ1) is 8.00. The first kappa shape index (κ1) is 14.6. The molecule has 0 saturated carbocycles. The smallest absolute Gasteiger partial charge is 0.545 e. The molecule has 1 aliphatic rings. The van der Waals surface area contributed by atoms with E-state index in [4.69, 9.17) is 0 Å². The molecule has 1 heterocycles. The van der Waals surface area contributed by atoms with Gasteiger partial charge < -0.3 is 9.90 Å². The monoisotopic (exact) mass is 252 g/mol. The Balaban J connectivity index is 0.00000162. The van der Waals surface area contributed by atoms with Gasteiger partial charge in [-0.3, -0.25) is 4.79 Å². The molecule has 0 radical (unpaired) electrons. The number of nitrogens with zero attached hydrogens (tertiary/aromatic N) is 2. The van der Waals surface area contributed by atoms with E-state index < -0.39 is 5.97 Å². The maximum Gasteiger partial charge on any atom is 1.00 e. The van der Waals surface area contributed by atoms with Crippen molar-refractivity contribution < 1.29 is 44.3 Å². The number of rotatable bonds is 2. The first-order valence-corrected chi connectivity index (χ1v) is 4.91. The molecule has 0 spiro atoms. The number of aromatic carboxylic acids is 1. The van der Waals surface area contributed by atoms with Crippen LogP contribution in [0, 0.1) is 0 Å². The minimum absolute atomic E-state index is 0. The molecule has 0 aromatic heterocycles. The molecule has 18 heavy (non-hydrogen) atoms. The Morgan fingerprint density at radius 1 is 1.33 bits per heavy atom. The number of carboxylic acid groups (broad SMARTS) is 1. The molecule has 1 aliphatic heterocycles. The molecule has 0 unspecified atom stereocenters. The number of carbonyl (C=O) groups excluding carboxylic acids is 2. The third-order valence-electron chi connectivity index (χ3n) is 2.48. The van der Waals surface area contributed by atoms with Gasteiger partial charge in [0.15, 0.2) is 0 Å². The van der Waals surface area contributed by atoms with Crippen molar-refractivity contribution in [2.75, 3.05) is 5.01 Å². The summed E-state index contributed by atoms with van der Waals surface area (Å²) >= 11 is 0. The molecule has 1 amide bonds. The summed E-state index contributed by atoms with van der Waals surface area (Å²) in [6.07, 6.45) is 0. The number of carboxylic acids is 1. The van der Waals surface area contributed by atoms with Crippen LogP contribution in [-0.4, -0.2) is 17.6 Å². The second-order valence-corrected chi connectivity index (χ2v) is 3.62. The van der Waals surface area contributed by atoms with Crippen LogP contribution in [0.4, 0.5) is 5.69 Å². The minimum atomic E-state index is -1.26. The Bertz CT molecular complexity index is 549. The summed E-state index contributed by atoms with van der Waals surface area (Å²) in [4.78, 5) is 22.3. The molecule has 0 N–H and O–H groups in total. The summed E-state index contributed by atoms with van der Waals surface area (Å²) in [6, 6.07) is 5.73. The summed E-state index contributed by atoms with van der Waals surface area (Å²) in [5, 5.41) is 15.8. The van der Waals surface area contributed by atoms with Crippen molar-refractivity contribution in [3.05, 3.63) is 42.0 Å². The number of amides is 1. The van der Waals surface area contributed by atoms with Crippen LogP contribution >= 0.6 is 0 Å². The van der Waals surface area contributed by atoms with Crippen molar-refractivity contribution in [3.63, 3.8) is 0 Å². The van der Waals surface area contributed by atoms with Crippen molar-refractivity contribution >= 4 is 23.3 Å². The number of anilines is 1. The van der Waals surface area contributed by atoms with E-state index >= 15 is 0 Å². The van der Waals surface area contributed by atoms with Crippen LogP contribution < -0.4 is 39.7 Å². The van der Waals surface area contributed by atoms with Gasteiger partial charge in [0.05, 0.1) is 22.9 Å². The van der Waals surface area contributed by atoms with E-state index in [1.54, 1.807) is 6.92 Å². The zero-order chi connectivity index (χ0) is 12.6. The van der Waals surface area contributed by atoms with Gasteiger partial charge in [0.1, 0.15) is 0 Å². The topological polar surface area (TPSA) is 72.8 Å². The minimum Gasteiger partial charge on any atom is -0.545 e. The number of hydrogen-bond acceptors (Lipinski definition) is 4. The fraction of sp³-hybridized carbons (Fsp3) is 0.0833. The van der Waals surface area contributed by atoms with Gasteiger partial charge in [-0.1, -0.05) is 18.7 Å². The van der Waals surface area contributed by atoms with Gasteiger partial charge in [-0.2, -0.15) is 10.1 Å². The van der Waals surface area contributed by atoms with Crippen molar-refractivity contribution in [2.24, 2.45) is 5.10 Å². The molecule has 6 heteroatoms. The van der Waals surface area contributed by atoms with E-state index in [2.05, 4.69) is 11.7 Å². The van der Waals surface area contributed by atoms with Crippen LogP contribution in [0.2, 0.25) is 0 Å².